The van der Waals surface area contributed by atoms with Gasteiger partial charge in [-0.25, -0.2) is 8.42 Å². The van der Waals surface area contributed by atoms with Crippen molar-refractivity contribution in [2.45, 2.75) is 22.6 Å². The summed E-state index contributed by atoms with van der Waals surface area (Å²) in [6, 6.07) is 45.0. The van der Waals surface area contributed by atoms with E-state index in [1.807, 2.05) is 36.4 Å². The lowest BCUT2D eigenvalue weighted by Gasteiger charge is -2.33. The number of ether oxygens (including phenoxy) is 2. The molecule has 0 saturated carbocycles. The quantitative estimate of drug-likeness (QED) is 0.185. The maximum atomic E-state index is 13.6. The van der Waals surface area contributed by atoms with Crippen molar-refractivity contribution in [2.75, 3.05) is 19.1 Å². The maximum Gasteiger partial charge on any atom is 0.210 e. The molecule has 0 radical (unpaired) electrons. The number of nitrogens with zero attached hydrogens (tertiary/aromatic N) is 2. The topological polar surface area (TPSA) is 60.8 Å². The molecule has 10 rings (SSSR count). The molecule has 6 nitrogen and oxygen atoms in total. The van der Waals surface area contributed by atoms with Crippen molar-refractivity contribution >= 4 is 59.5 Å². The zero-order valence-corrected chi connectivity index (χ0v) is 28.9. The smallest absolute Gasteiger partial charge is 0.210 e. The Morgan fingerprint density at radius 1 is 0.510 bits per heavy atom. The van der Waals surface area contributed by atoms with Gasteiger partial charge in [0.25, 0.3) is 0 Å². The molecule has 2 aliphatic rings. The van der Waals surface area contributed by atoms with Crippen LogP contribution in [0.15, 0.2) is 143 Å². The fourth-order valence-electron chi connectivity index (χ4n) is 8.12. The van der Waals surface area contributed by atoms with Gasteiger partial charge in [0.15, 0.2) is 0 Å². The molecule has 248 valence electrons. The summed E-state index contributed by atoms with van der Waals surface area (Å²) in [7, 11) is -0.224. The second kappa shape index (κ2) is 11.0. The van der Waals surface area contributed by atoms with Gasteiger partial charge < -0.3 is 18.9 Å². The van der Waals surface area contributed by atoms with E-state index in [1.54, 1.807) is 38.5 Å². The van der Waals surface area contributed by atoms with E-state index in [2.05, 4.69) is 82.3 Å². The van der Waals surface area contributed by atoms with E-state index < -0.39 is 9.84 Å². The van der Waals surface area contributed by atoms with Gasteiger partial charge >= 0.3 is 0 Å². The van der Waals surface area contributed by atoms with Crippen LogP contribution in [0.5, 0.6) is 11.5 Å². The molecular formula is C44H32N2O4S. The summed E-state index contributed by atoms with van der Waals surface area (Å²) in [6.07, 6.45) is 1.69. The SMILES string of the molecule is COc1ccc2c(c1)c1cc(OC)ccc1n2-c1ccc2c(c1)Cc1cc3ccc(N4c5ccccc5S(=O)(=O)c5ccccc54)cc3cc1C2. The van der Waals surface area contributed by atoms with Crippen LogP contribution in [0.25, 0.3) is 38.3 Å². The third kappa shape index (κ3) is 4.44. The van der Waals surface area contributed by atoms with Crippen molar-refractivity contribution in [1.29, 1.82) is 0 Å². The first kappa shape index (κ1) is 29.8. The van der Waals surface area contributed by atoms with E-state index in [1.165, 1.54) is 22.3 Å². The minimum Gasteiger partial charge on any atom is -0.497 e. The molecule has 0 amide bonds. The molecule has 0 fully saturated rings. The molecule has 0 unspecified atom stereocenters. The van der Waals surface area contributed by atoms with Gasteiger partial charge in [-0.3, -0.25) is 0 Å². The van der Waals surface area contributed by atoms with Crippen LogP contribution in [0.3, 0.4) is 0 Å². The van der Waals surface area contributed by atoms with Crippen LogP contribution in [-0.2, 0) is 22.7 Å². The number of methoxy groups -OCH3 is 2. The van der Waals surface area contributed by atoms with Crippen molar-refractivity contribution in [3.63, 3.8) is 0 Å². The average Bonchev–Trinajstić information content (AvgIpc) is 3.49. The number of anilines is 3. The summed E-state index contributed by atoms with van der Waals surface area (Å²) in [5.74, 6) is 1.65. The summed E-state index contributed by atoms with van der Waals surface area (Å²) < 4.78 is 40.6. The summed E-state index contributed by atoms with van der Waals surface area (Å²) in [4.78, 5) is 2.72. The summed E-state index contributed by atoms with van der Waals surface area (Å²) in [5.41, 5.74) is 10.9. The predicted molar refractivity (Wildman–Crippen MR) is 204 cm³/mol. The highest BCUT2D eigenvalue weighted by Gasteiger charge is 2.34. The molecule has 0 N–H and O–H groups in total. The third-order valence-corrected chi connectivity index (χ3v) is 12.4. The van der Waals surface area contributed by atoms with Gasteiger partial charge in [0.1, 0.15) is 11.5 Å². The normalized spacial score (nSPS) is 14.2. The Labute approximate surface area is 295 Å². The van der Waals surface area contributed by atoms with Crippen molar-refractivity contribution in [3.05, 3.63) is 156 Å². The maximum absolute atomic E-state index is 13.6. The Kier molecular flexibility index (Phi) is 6.42. The highest BCUT2D eigenvalue weighted by atomic mass is 32.2. The predicted octanol–water partition coefficient (Wildman–Crippen LogP) is 10.1. The second-order valence-corrected chi connectivity index (χ2v) is 15.2. The highest BCUT2D eigenvalue weighted by Crippen LogP contribution is 2.48. The first-order valence-corrected chi connectivity index (χ1v) is 18.5. The van der Waals surface area contributed by atoms with Crippen LogP contribution in [0.1, 0.15) is 22.3 Å². The number of fused-ring (bicyclic) bond motifs is 8. The Hall–Kier alpha value is -6.05. The van der Waals surface area contributed by atoms with Gasteiger partial charge in [0.2, 0.25) is 9.84 Å². The lowest BCUT2D eigenvalue weighted by molar-refractivity contribution is 0.415. The standard InChI is InChI=1S/C44H32N2O4S/c1-49-35-15-17-39-37(25-35)38-26-36(50-2)16-18-40(38)45(39)33-13-11-27-19-30-22-32-24-34(14-12-28(32)20-29(30)21-31(27)23-33)46-41-7-3-5-9-43(41)51(47,48)44-10-6-4-8-42(44)46/h3-18,20,22-26H,19,21H2,1-2H3. The number of rotatable bonds is 4. The zero-order valence-electron chi connectivity index (χ0n) is 28.1. The molecular weight excluding hydrogens is 653 g/mol. The van der Waals surface area contributed by atoms with Crippen LogP contribution < -0.4 is 14.4 Å². The van der Waals surface area contributed by atoms with E-state index in [0.29, 0.717) is 21.2 Å². The summed E-state index contributed by atoms with van der Waals surface area (Å²) in [5, 5.41) is 4.53. The molecule has 0 saturated heterocycles. The Balaban J connectivity index is 1.05. The van der Waals surface area contributed by atoms with Gasteiger partial charge in [-0.15, -0.1) is 0 Å². The zero-order chi connectivity index (χ0) is 34.4. The van der Waals surface area contributed by atoms with E-state index in [-0.39, 0.29) is 0 Å². The van der Waals surface area contributed by atoms with Gasteiger partial charge in [0, 0.05) is 22.1 Å². The largest absolute Gasteiger partial charge is 0.497 e. The number of aromatic nitrogens is 1. The Bertz CT molecular complexity index is 2760. The van der Waals surface area contributed by atoms with Gasteiger partial charge in [-0.05, 0) is 131 Å². The van der Waals surface area contributed by atoms with Crippen molar-refractivity contribution in [3.8, 4) is 17.2 Å². The molecule has 0 spiro atoms. The van der Waals surface area contributed by atoms with Crippen LogP contribution in [0.2, 0.25) is 0 Å². The molecule has 1 aliphatic carbocycles. The fourth-order valence-corrected chi connectivity index (χ4v) is 9.75. The first-order valence-electron chi connectivity index (χ1n) is 17.0. The monoisotopic (exact) mass is 684 g/mol. The number of hydrogen-bond donors (Lipinski definition) is 0. The number of para-hydroxylation sites is 2. The molecule has 7 heteroatoms. The highest BCUT2D eigenvalue weighted by molar-refractivity contribution is 7.92. The van der Waals surface area contributed by atoms with E-state index in [0.717, 1.165) is 68.3 Å². The van der Waals surface area contributed by atoms with Crippen LogP contribution in [-0.4, -0.2) is 27.2 Å². The lowest BCUT2D eigenvalue weighted by atomic mass is 9.84. The first-order chi connectivity index (χ1) is 24.9. The average molecular weight is 685 g/mol. The van der Waals surface area contributed by atoms with Crippen molar-refractivity contribution in [1.82, 2.24) is 4.57 Å². The minimum absolute atomic E-state index is 0.325. The Morgan fingerprint density at radius 3 is 1.69 bits per heavy atom. The van der Waals surface area contributed by atoms with Gasteiger partial charge in [0.05, 0.1) is 46.4 Å². The number of sulfone groups is 1. The van der Waals surface area contributed by atoms with Crippen molar-refractivity contribution < 1.29 is 17.9 Å². The van der Waals surface area contributed by atoms with Crippen molar-refractivity contribution in [2.24, 2.45) is 0 Å². The minimum atomic E-state index is -3.62. The van der Waals surface area contributed by atoms with E-state index in [4.69, 9.17) is 9.47 Å². The molecule has 0 bridgehead atoms. The molecule has 1 aromatic heterocycles. The van der Waals surface area contributed by atoms with Crippen LogP contribution in [0.4, 0.5) is 17.1 Å². The molecule has 1 aliphatic heterocycles. The molecule has 51 heavy (non-hydrogen) atoms. The molecule has 2 heterocycles. The molecule has 0 atom stereocenters. The Morgan fingerprint density at radius 2 is 1.06 bits per heavy atom. The van der Waals surface area contributed by atoms with E-state index in [9.17, 15) is 8.42 Å². The third-order valence-electron chi connectivity index (χ3n) is 10.6. The van der Waals surface area contributed by atoms with Crippen LogP contribution in [0, 0.1) is 0 Å². The summed E-state index contributed by atoms with van der Waals surface area (Å²) in [6.45, 7) is 0. The number of hydrogen-bond acceptors (Lipinski definition) is 5. The molecule has 8 aromatic rings. The number of benzene rings is 7. The van der Waals surface area contributed by atoms with E-state index >= 15 is 0 Å². The lowest BCUT2D eigenvalue weighted by Crippen LogP contribution is -2.22. The van der Waals surface area contributed by atoms with Crippen LogP contribution >= 0.6 is 0 Å². The van der Waals surface area contributed by atoms with Gasteiger partial charge in [-0.1, -0.05) is 48.5 Å². The van der Waals surface area contributed by atoms with Gasteiger partial charge in [-0.2, -0.15) is 0 Å². The summed E-state index contributed by atoms with van der Waals surface area (Å²) >= 11 is 0. The second-order valence-electron chi connectivity index (χ2n) is 13.3. The molecule has 7 aromatic carbocycles. The fraction of sp³-hybridized carbons (Fsp3) is 0.0909.